The Labute approximate surface area is 205 Å². The molecule has 176 valence electrons. The van der Waals surface area contributed by atoms with Gasteiger partial charge < -0.3 is 18.8 Å². The number of carbonyl (C=O) groups is 2. The highest BCUT2D eigenvalue weighted by molar-refractivity contribution is 6.31. The van der Waals surface area contributed by atoms with Crippen LogP contribution in [0.1, 0.15) is 43.6 Å². The number of amides is 1. The highest BCUT2D eigenvalue weighted by Gasteiger charge is 2.42. The minimum atomic E-state index is -0.717. The number of ether oxygens (including phenoxy) is 2. The molecular weight excluding hydrogens is 470 g/mol. The van der Waals surface area contributed by atoms with E-state index in [0.29, 0.717) is 27.3 Å². The Morgan fingerprint density at radius 3 is 2.37 bits per heavy atom. The van der Waals surface area contributed by atoms with E-state index in [1.807, 2.05) is 24.3 Å². The summed E-state index contributed by atoms with van der Waals surface area (Å²) in [5.41, 5.74) is 2.08. The van der Waals surface area contributed by atoms with Crippen LogP contribution in [0, 0.1) is 0 Å². The maximum Gasteiger partial charge on any atom is 0.337 e. The fourth-order valence-corrected chi connectivity index (χ4v) is 4.52. The van der Waals surface area contributed by atoms with Crippen LogP contribution in [0.2, 0.25) is 5.02 Å². The number of benzene rings is 3. The summed E-state index contributed by atoms with van der Waals surface area (Å²) in [6.45, 7) is 0.229. The number of hydrogen-bond donors (Lipinski definition) is 0. The van der Waals surface area contributed by atoms with Crippen molar-refractivity contribution >= 4 is 34.4 Å². The Kier molecular flexibility index (Phi) is 5.78. The van der Waals surface area contributed by atoms with Crippen LogP contribution in [-0.2, 0) is 11.3 Å². The third-order valence-corrected chi connectivity index (χ3v) is 6.32. The topological polar surface area (TPSA) is 86.0 Å². The van der Waals surface area contributed by atoms with Crippen LogP contribution in [0.3, 0.4) is 0 Å². The van der Waals surface area contributed by atoms with Gasteiger partial charge in [-0.3, -0.25) is 9.59 Å². The Morgan fingerprint density at radius 2 is 1.71 bits per heavy atom. The highest BCUT2D eigenvalue weighted by atomic mass is 35.5. The fourth-order valence-electron chi connectivity index (χ4n) is 4.35. The zero-order chi connectivity index (χ0) is 24.7. The van der Waals surface area contributed by atoms with E-state index in [1.54, 1.807) is 48.4 Å². The van der Waals surface area contributed by atoms with E-state index in [4.69, 9.17) is 25.5 Å². The van der Waals surface area contributed by atoms with Crippen LogP contribution in [0.25, 0.3) is 11.0 Å². The molecule has 0 bridgehead atoms. The Morgan fingerprint density at radius 1 is 1.00 bits per heavy atom. The molecule has 3 aromatic carbocycles. The molecule has 2 heterocycles. The summed E-state index contributed by atoms with van der Waals surface area (Å²) >= 11 is 6.13. The molecule has 4 aromatic rings. The minimum Gasteiger partial charge on any atom is -0.497 e. The number of fused-ring (bicyclic) bond motifs is 2. The van der Waals surface area contributed by atoms with Crippen LogP contribution in [-0.4, -0.2) is 31.0 Å². The van der Waals surface area contributed by atoms with Gasteiger partial charge in [0.05, 0.1) is 36.8 Å². The summed E-state index contributed by atoms with van der Waals surface area (Å²) in [5.74, 6) is -0.179. The standard InChI is InChI=1S/C27H20ClNO6/c1-33-19-10-3-15(4-11-19)14-29-23(16-5-7-17(8-6-16)27(32)34-2)22-24(30)20-13-18(28)9-12-21(20)35-25(22)26(29)31/h3-13,23H,14H2,1-2H3/t23-/m0/s1. The fraction of sp³-hybridized carbons (Fsp3) is 0.148. The average molecular weight is 490 g/mol. The Bertz CT molecular complexity index is 1510. The molecule has 0 aliphatic carbocycles. The first kappa shape index (κ1) is 22.7. The van der Waals surface area contributed by atoms with Crippen molar-refractivity contribution in [2.45, 2.75) is 12.6 Å². The van der Waals surface area contributed by atoms with Gasteiger partial charge in [-0.25, -0.2) is 4.79 Å². The molecule has 0 saturated heterocycles. The van der Waals surface area contributed by atoms with Crippen molar-refractivity contribution in [3.05, 3.63) is 110 Å². The molecule has 5 rings (SSSR count). The second-order valence-corrected chi connectivity index (χ2v) is 8.55. The van der Waals surface area contributed by atoms with E-state index >= 15 is 0 Å². The van der Waals surface area contributed by atoms with Crippen molar-refractivity contribution in [2.75, 3.05) is 14.2 Å². The van der Waals surface area contributed by atoms with Crippen molar-refractivity contribution < 1.29 is 23.5 Å². The van der Waals surface area contributed by atoms with Gasteiger partial charge in [-0.1, -0.05) is 35.9 Å². The van der Waals surface area contributed by atoms with Gasteiger partial charge in [0.2, 0.25) is 5.76 Å². The van der Waals surface area contributed by atoms with E-state index in [1.165, 1.54) is 13.2 Å². The summed E-state index contributed by atoms with van der Waals surface area (Å²) in [4.78, 5) is 40.7. The summed E-state index contributed by atoms with van der Waals surface area (Å²) in [7, 11) is 2.89. The Balaban J connectivity index is 1.66. The zero-order valence-corrected chi connectivity index (χ0v) is 19.7. The molecule has 0 N–H and O–H groups in total. The monoisotopic (exact) mass is 489 g/mol. The van der Waals surface area contributed by atoms with Gasteiger partial charge in [0.15, 0.2) is 5.43 Å². The van der Waals surface area contributed by atoms with Crippen LogP contribution in [0.5, 0.6) is 5.75 Å². The van der Waals surface area contributed by atoms with E-state index in [2.05, 4.69) is 0 Å². The molecule has 7 nitrogen and oxygen atoms in total. The molecule has 0 unspecified atom stereocenters. The van der Waals surface area contributed by atoms with E-state index in [9.17, 15) is 14.4 Å². The van der Waals surface area contributed by atoms with Gasteiger partial charge >= 0.3 is 5.97 Å². The normalized spacial score (nSPS) is 14.8. The first-order valence-corrected chi connectivity index (χ1v) is 11.2. The van der Waals surface area contributed by atoms with Gasteiger partial charge in [0.25, 0.3) is 5.91 Å². The summed E-state index contributed by atoms with van der Waals surface area (Å²) in [5, 5.41) is 0.690. The lowest BCUT2D eigenvalue weighted by molar-refractivity contribution is 0.0599. The number of esters is 1. The molecule has 0 radical (unpaired) electrons. The van der Waals surface area contributed by atoms with Crippen LogP contribution in [0.4, 0.5) is 0 Å². The second kappa shape index (κ2) is 8.92. The van der Waals surface area contributed by atoms with E-state index < -0.39 is 17.9 Å². The van der Waals surface area contributed by atoms with E-state index in [0.717, 1.165) is 5.56 Å². The first-order valence-electron chi connectivity index (χ1n) is 10.8. The Hall–Kier alpha value is -4.10. The number of halogens is 1. The zero-order valence-electron chi connectivity index (χ0n) is 18.9. The van der Waals surface area contributed by atoms with E-state index in [-0.39, 0.29) is 28.9 Å². The number of methoxy groups -OCH3 is 2. The van der Waals surface area contributed by atoms with Crippen molar-refractivity contribution in [3.8, 4) is 5.75 Å². The lowest BCUT2D eigenvalue weighted by Gasteiger charge is -2.25. The SMILES string of the molecule is COC(=O)c1ccc([C@H]2c3c(oc4ccc(Cl)cc4c3=O)C(=O)N2Cc2ccc(OC)cc2)cc1. The summed E-state index contributed by atoms with van der Waals surface area (Å²) in [6.07, 6.45) is 0. The molecule has 8 heteroatoms. The van der Waals surface area contributed by atoms with Crippen LogP contribution < -0.4 is 10.2 Å². The largest absolute Gasteiger partial charge is 0.497 e. The minimum absolute atomic E-state index is 0.000351. The number of nitrogens with zero attached hydrogens (tertiary/aromatic N) is 1. The molecule has 1 aliphatic heterocycles. The van der Waals surface area contributed by atoms with Gasteiger partial charge in [0.1, 0.15) is 11.3 Å². The molecule has 1 amide bonds. The van der Waals surface area contributed by atoms with Crippen molar-refractivity contribution in [1.29, 1.82) is 0 Å². The smallest absolute Gasteiger partial charge is 0.337 e. The molecule has 0 saturated carbocycles. The lowest BCUT2D eigenvalue weighted by atomic mass is 9.97. The van der Waals surface area contributed by atoms with Crippen LogP contribution in [0.15, 0.2) is 75.9 Å². The third-order valence-electron chi connectivity index (χ3n) is 6.09. The number of carbonyl (C=O) groups excluding carboxylic acids is 2. The summed E-state index contributed by atoms with van der Waals surface area (Å²) in [6, 6.07) is 18.0. The quantitative estimate of drug-likeness (QED) is 0.367. The van der Waals surface area contributed by atoms with Gasteiger partial charge in [-0.2, -0.15) is 0 Å². The maximum absolute atomic E-state index is 13.6. The van der Waals surface area contributed by atoms with Crippen molar-refractivity contribution in [2.24, 2.45) is 0 Å². The van der Waals surface area contributed by atoms with Crippen molar-refractivity contribution in [3.63, 3.8) is 0 Å². The van der Waals surface area contributed by atoms with Gasteiger partial charge in [0, 0.05) is 11.6 Å². The lowest BCUT2D eigenvalue weighted by Crippen LogP contribution is -2.29. The summed E-state index contributed by atoms with van der Waals surface area (Å²) < 4.78 is 16.0. The second-order valence-electron chi connectivity index (χ2n) is 8.11. The third kappa shape index (κ3) is 3.94. The van der Waals surface area contributed by atoms with Gasteiger partial charge in [-0.15, -0.1) is 0 Å². The first-order chi connectivity index (χ1) is 16.9. The average Bonchev–Trinajstić information content (AvgIpc) is 3.16. The molecule has 35 heavy (non-hydrogen) atoms. The van der Waals surface area contributed by atoms with Gasteiger partial charge in [-0.05, 0) is 53.6 Å². The predicted octanol–water partition coefficient (Wildman–Crippen LogP) is 4.99. The number of hydrogen-bond acceptors (Lipinski definition) is 6. The van der Waals surface area contributed by atoms with Crippen molar-refractivity contribution in [1.82, 2.24) is 4.90 Å². The molecular formula is C27H20ClNO6. The molecule has 0 spiro atoms. The molecule has 1 aliphatic rings. The van der Waals surface area contributed by atoms with Crippen LogP contribution >= 0.6 is 11.6 Å². The predicted molar refractivity (Wildman–Crippen MR) is 130 cm³/mol. The molecule has 1 aromatic heterocycles. The highest BCUT2D eigenvalue weighted by Crippen LogP contribution is 2.39. The maximum atomic E-state index is 13.6. The molecule has 0 fully saturated rings. The molecule has 1 atom stereocenters. The number of rotatable bonds is 5.